The molecule has 18 nitrogen and oxygen atoms in total. The largest absolute Gasteiger partial charge is 0.464 e. The number of nitrogens with zero attached hydrogens (tertiary/aromatic N) is 6. The number of imidazole rings is 2. The number of nitrogens with one attached hydrogen (secondary N) is 4. The van der Waals surface area contributed by atoms with E-state index in [1.165, 1.54) is 20.3 Å². The number of ether oxygens (including phenoxy) is 4. The van der Waals surface area contributed by atoms with E-state index in [-0.39, 0.29) is 41.1 Å². The van der Waals surface area contributed by atoms with Gasteiger partial charge in [0.25, 0.3) is 0 Å². The Morgan fingerprint density at radius 1 is 0.803 bits per heavy atom. The molecule has 1 saturated carbocycles. The van der Waals surface area contributed by atoms with Crippen LogP contribution in [0.3, 0.4) is 0 Å². The van der Waals surface area contributed by atoms with Crippen molar-refractivity contribution in [3.8, 4) is 39.5 Å². The predicted molar refractivity (Wildman–Crippen MR) is 283 cm³/mol. The number of methoxy groups -OCH3 is 2. The summed E-state index contributed by atoms with van der Waals surface area (Å²) >= 11 is 1.65. The number of aromatic nitrogens is 6. The summed E-state index contributed by atoms with van der Waals surface area (Å²) in [5, 5.41) is 7.50. The topological polar surface area (TPSA) is 211 Å². The maximum atomic E-state index is 17.1. The van der Waals surface area contributed by atoms with E-state index in [2.05, 4.69) is 38.2 Å². The fraction of sp³-hybridized carbons (Fsp3) is 0.518. The normalized spacial score (nSPS) is 22.5. The average molecular weight is 1060 g/mol. The number of aromatic amines is 2. The molecular weight excluding hydrogens is 992 g/mol. The molecule has 4 N–H and O–H groups in total. The van der Waals surface area contributed by atoms with E-state index in [0.29, 0.717) is 85.3 Å². The number of fused-ring (bicyclic) bond motifs is 5. The Labute approximate surface area is 444 Å². The van der Waals surface area contributed by atoms with Crippen LogP contribution >= 0.6 is 11.3 Å². The second-order valence-corrected chi connectivity index (χ2v) is 23.4. The Bertz CT molecular complexity index is 3190. The summed E-state index contributed by atoms with van der Waals surface area (Å²) in [4.78, 5) is 79.2. The highest BCUT2D eigenvalue weighted by Gasteiger charge is 2.44. The molecule has 5 aliphatic rings. The molecule has 0 bridgehead atoms. The van der Waals surface area contributed by atoms with Gasteiger partial charge in [-0.3, -0.25) is 14.2 Å². The van der Waals surface area contributed by atoms with E-state index in [0.717, 1.165) is 70.6 Å². The van der Waals surface area contributed by atoms with Crippen LogP contribution < -0.4 is 15.4 Å². The van der Waals surface area contributed by atoms with Crippen LogP contribution in [0, 0.1) is 17.7 Å². The van der Waals surface area contributed by atoms with Crippen molar-refractivity contribution in [1.29, 1.82) is 0 Å². The Morgan fingerprint density at radius 3 is 2.12 bits per heavy atom. The summed E-state index contributed by atoms with van der Waals surface area (Å²) in [5.74, 6) is 0.431. The van der Waals surface area contributed by atoms with Crippen molar-refractivity contribution in [1.82, 2.24) is 49.9 Å². The second kappa shape index (κ2) is 20.3. The van der Waals surface area contributed by atoms with Crippen molar-refractivity contribution < 1.29 is 42.5 Å². The lowest BCUT2D eigenvalue weighted by Gasteiger charge is -2.40. The second-order valence-electron chi connectivity index (χ2n) is 22.4. The zero-order chi connectivity index (χ0) is 53.2. The van der Waals surface area contributed by atoms with Crippen molar-refractivity contribution >= 4 is 46.2 Å². The van der Waals surface area contributed by atoms with E-state index in [9.17, 15) is 19.2 Å². The molecule has 2 aromatic carbocycles. The number of hydrogen-bond donors (Lipinski definition) is 4. The standard InChI is InChI=1S/C56H67FN10O8S/c1-30(2)45(63-53(70)72-6)49(68)65-19-10-12-39(65)48-59-28-37(62-48)33-23-35(57)44-41-24-34-22-31(14-15-38(34)67(41)51(75-42(44)25-33)43-29-60-52(76-43)56(5)17-8-9-18-56)36-27-58-47(61-36)40-13-11-20-66(40)50(69)46(64-54(71)73-7)32-16-21-74-55(3,4)26-32/h14-15,22-25,27-30,32,39-40,45-46,51H,8-13,16-21,26H2,1-7H3,(H,58,61)(H,59,62)(H,63,70)(H,64,71)/t32?,39-,40-,45-,46?,51?/m0/s1. The predicted octanol–water partition coefficient (Wildman–Crippen LogP) is 10.1. The lowest BCUT2D eigenvalue weighted by molar-refractivity contribution is -0.139. The minimum Gasteiger partial charge on any atom is -0.464 e. The average Bonchev–Trinajstić information content (AvgIpc) is 4.27. The molecule has 0 spiro atoms. The number of carbonyl (C=O) groups excluding carboxylic acids is 4. The Balaban J connectivity index is 0.909. The lowest BCUT2D eigenvalue weighted by Crippen LogP contribution is -2.54. The van der Waals surface area contributed by atoms with Gasteiger partial charge in [-0.25, -0.2) is 28.9 Å². The van der Waals surface area contributed by atoms with Crippen LogP contribution in [0.2, 0.25) is 0 Å². The number of alkyl carbamates (subject to hydrolysis) is 2. The van der Waals surface area contributed by atoms with Crippen molar-refractivity contribution in [2.45, 2.75) is 140 Å². The first-order valence-corrected chi connectivity index (χ1v) is 27.5. The van der Waals surface area contributed by atoms with Gasteiger partial charge in [0.05, 0.1) is 82.3 Å². The third kappa shape index (κ3) is 9.49. The van der Waals surface area contributed by atoms with Crippen LogP contribution in [0.25, 0.3) is 44.7 Å². The number of halogens is 1. The lowest BCUT2D eigenvalue weighted by atomic mass is 9.82. The Morgan fingerprint density at radius 2 is 1.46 bits per heavy atom. The van der Waals surface area contributed by atoms with Gasteiger partial charge >= 0.3 is 12.2 Å². The zero-order valence-corrected chi connectivity index (χ0v) is 45.0. The fourth-order valence-corrected chi connectivity index (χ4v) is 13.6. The molecule has 3 saturated heterocycles. The van der Waals surface area contributed by atoms with Crippen molar-refractivity contribution in [3.63, 3.8) is 0 Å². The summed E-state index contributed by atoms with van der Waals surface area (Å²) in [6.07, 6.45) is 12.0. The molecule has 6 aromatic rings. The van der Waals surface area contributed by atoms with Crippen LogP contribution in [-0.2, 0) is 29.2 Å². The minimum atomic E-state index is -0.779. The molecule has 4 fully saturated rings. The smallest absolute Gasteiger partial charge is 0.407 e. The summed E-state index contributed by atoms with van der Waals surface area (Å²) in [6.45, 7) is 11.6. The monoisotopic (exact) mass is 1060 g/mol. The quantitative estimate of drug-likeness (QED) is 0.0906. The Kier molecular flexibility index (Phi) is 13.7. The highest BCUT2D eigenvalue weighted by Crippen LogP contribution is 2.50. The van der Waals surface area contributed by atoms with Gasteiger partial charge in [-0.1, -0.05) is 39.7 Å². The number of carbonyl (C=O) groups is 4. The van der Waals surface area contributed by atoms with Gasteiger partial charge in [-0.2, -0.15) is 0 Å². The third-order valence-corrected chi connectivity index (χ3v) is 17.8. The van der Waals surface area contributed by atoms with Gasteiger partial charge in [0.2, 0.25) is 18.0 Å². The van der Waals surface area contributed by atoms with Crippen molar-refractivity contribution in [2.24, 2.45) is 11.8 Å². The molecule has 4 aromatic heterocycles. The van der Waals surface area contributed by atoms with Gasteiger partial charge in [-0.15, -0.1) is 11.3 Å². The molecular formula is C56H67FN10O8S. The third-order valence-electron chi connectivity index (χ3n) is 16.5. The highest BCUT2D eigenvalue weighted by atomic mass is 32.1. The van der Waals surface area contributed by atoms with Crippen LogP contribution in [0.5, 0.6) is 5.75 Å². The molecule has 402 valence electrons. The minimum absolute atomic E-state index is 0.0218. The fourth-order valence-electron chi connectivity index (χ4n) is 12.5. The van der Waals surface area contributed by atoms with Gasteiger partial charge < -0.3 is 49.3 Å². The first-order chi connectivity index (χ1) is 36.5. The van der Waals surface area contributed by atoms with E-state index >= 15 is 4.39 Å². The van der Waals surface area contributed by atoms with Crippen molar-refractivity contribution in [3.05, 3.63) is 82.3 Å². The first-order valence-electron chi connectivity index (χ1n) is 26.7. The van der Waals surface area contributed by atoms with Crippen LogP contribution in [0.15, 0.2) is 55.0 Å². The van der Waals surface area contributed by atoms with Gasteiger partial charge in [0, 0.05) is 47.8 Å². The molecule has 4 aliphatic heterocycles. The molecule has 20 heteroatoms. The number of rotatable bonds is 12. The van der Waals surface area contributed by atoms with E-state index < -0.39 is 41.9 Å². The van der Waals surface area contributed by atoms with Crippen LogP contribution in [0.1, 0.15) is 139 Å². The van der Waals surface area contributed by atoms with Gasteiger partial charge in [-0.05, 0) is 107 Å². The molecule has 1 aliphatic carbocycles. The number of amides is 4. The maximum absolute atomic E-state index is 17.1. The SMILES string of the molecule is COC(=O)NC(C(=O)N1CCC[C@H]1c1ncc(-c2ccc3c(c2)cc2n3C(c3cnc(C4(C)CCCC4)s3)Oc3cc(-c4cnc([C@@H]5CCCN5C(=O)[C@@H](NC(=O)OC)C(C)C)[nH]4)cc(F)c3-2)[nH]1)C1CCOC(C)(C)C1. The molecule has 3 unspecified atom stereocenters. The van der Waals surface area contributed by atoms with Crippen LogP contribution in [-0.4, -0.2) is 115 Å². The highest BCUT2D eigenvalue weighted by molar-refractivity contribution is 7.11. The number of hydrogen-bond acceptors (Lipinski definition) is 12. The van der Waals surface area contributed by atoms with Gasteiger partial charge in [0.15, 0.2) is 0 Å². The van der Waals surface area contributed by atoms with E-state index in [4.69, 9.17) is 33.9 Å². The summed E-state index contributed by atoms with van der Waals surface area (Å²) in [6, 6.07) is 9.22. The number of thiazole rings is 1. The molecule has 0 radical (unpaired) electrons. The van der Waals surface area contributed by atoms with E-state index in [1.807, 2.05) is 63.1 Å². The molecule has 76 heavy (non-hydrogen) atoms. The summed E-state index contributed by atoms with van der Waals surface area (Å²) < 4.78 is 41.9. The molecule has 6 atom stereocenters. The first kappa shape index (κ1) is 51.3. The van der Waals surface area contributed by atoms with Gasteiger partial charge in [0.1, 0.15) is 35.3 Å². The maximum Gasteiger partial charge on any atom is 0.407 e. The number of likely N-dealkylation sites (tertiary alicyclic amines) is 2. The van der Waals surface area contributed by atoms with Crippen molar-refractivity contribution in [2.75, 3.05) is 33.9 Å². The molecule has 8 heterocycles. The molecule has 4 amide bonds. The molecule has 11 rings (SSSR count). The number of H-pyrrole nitrogens is 2. The summed E-state index contributed by atoms with van der Waals surface area (Å²) in [7, 11) is 2.57. The van der Waals surface area contributed by atoms with E-state index in [1.54, 1.807) is 28.6 Å². The summed E-state index contributed by atoms with van der Waals surface area (Å²) in [5.41, 5.74) is 4.10. The van der Waals surface area contributed by atoms with Crippen LogP contribution in [0.4, 0.5) is 14.0 Å². The number of benzene rings is 2. The zero-order valence-electron chi connectivity index (χ0n) is 44.2. The Hall–Kier alpha value is -6.80.